The van der Waals surface area contributed by atoms with Gasteiger partial charge in [-0.15, -0.1) is 0 Å². The lowest BCUT2D eigenvalue weighted by atomic mass is 10.2. The molecule has 0 aliphatic heterocycles. The molecule has 1 aromatic heterocycles. The van der Waals surface area contributed by atoms with Crippen molar-refractivity contribution in [3.8, 4) is 0 Å². The predicted octanol–water partition coefficient (Wildman–Crippen LogP) is 1.78. The van der Waals surface area contributed by atoms with E-state index in [2.05, 4.69) is 20.9 Å². The topological polar surface area (TPSA) is 50.2 Å². The van der Waals surface area contributed by atoms with Gasteiger partial charge in [0.05, 0.1) is 6.42 Å². The van der Waals surface area contributed by atoms with Gasteiger partial charge in [-0.25, -0.2) is 4.98 Å². The molecule has 3 nitrogen and oxygen atoms in total. The van der Waals surface area contributed by atoms with Crippen LogP contribution in [-0.4, -0.2) is 16.1 Å². The third-order valence-corrected chi connectivity index (χ3v) is 2.09. The largest absolute Gasteiger partial charge is 0.481 e. The third kappa shape index (κ3) is 2.30. The molecule has 1 aromatic rings. The maximum absolute atomic E-state index is 10.4. The Bertz CT molecular complexity index is 312. The Balaban J connectivity index is 2.93. The summed E-state index contributed by atoms with van der Waals surface area (Å²) >= 11 is 3.20. The SMILES string of the molecule is Cc1ccc(CC(=O)O)c(Br)n1. The fourth-order valence-corrected chi connectivity index (χ4v) is 1.40. The van der Waals surface area contributed by atoms with Crippen LogP contribution in [0.5, 0.6) is 0 Å². The van der Waals surface area contributed by atoms with Crippen molar-refractivity contribution in [2.45, 2.75) is 13.3 Å². The molecule has 0 saturated heterocycles. The molecular formula is C8H8BrNO2. The van der Waals surface area contributed by atoms with E-state index in [0.29, 0.717) is 10.2 Å². The molecule has 4 heteroatoms. The van der Waals surface area contributed by atoms with Gasteiger partial charge in [-0.05, 0) is 34.5 Å². The highest BCUT2D eigenvalue weighted by Gasteiger charge is 2.05. The Hall–Kier alpha value is -0.900. The van der Waals surface area contributed by atoms with Crippen LogP contribution in [0, 0.1) is 6.92 Å². The molecule has 0 amide bonds. The molecule has 1 rings (SSSR count). The van der Waals surface area contributed by atoms with Crippen molar-refractivity contribution < 1.29 is 9.90 Å². The number of rotatable bonds is 2. The number of aryl methyl sites for hydroxylation is 1. The first-order valence-electron chi connectivity index (χ1n) is 3.43. The summed E-state index contributed by atoms with van der Waals surface area (Å²) in [6.07, 6.45) is 0.00780. The zero-order chi connectivity index (χ0) is 9.14. The Kier molecular flexibility index (Phi) is 2.81. The fraction of sp³-hybridized carbons (Fsp3) is 0.250. The molecule has 0 saturated carbocycles. The monoisotopic (exact) mass is 229 g/mol. The molecule has 0 spiro atoms. The Morgan fingerprint density at radius 1 is 1.67 bits per heavy atom. The second-order valence-electron chi connectivity index (χ2n) is 2.47. The summed E-state index contributed by atoms with van der Waals surface area (Å²) in [6.45, 7) is 1.86. The van der Waals surface area contributed by atoms with E-state index in [1.54, 1.807) is 12.1 Å². The number of carboxylic acid groups (broad SMARTS) is 1. The summed E-state index contributed by atoms with van der Waals surface area (Å²) < 4.78 is 0.616. The molecule has 1 N–H and O–H groups in total. The minimum Gasteiger partial charge on any atom is -0.481 e. The average molecular weight is 230 g/mol. The third-order valence-electron chi connectivity index (χ3n) is 1.41. The van der Waals surface area contributed by atoms with Gasteiger partial charge in [0.2, 0.25) is 0 Å². The van der Waals surface area contributed by atoms with Gasteiger partial charge in [-0.1, -0.05) is 6.07 Å². The highest BCUT2D eigenvalue weighted by atomic mass is 79.9. The van der Waals surface area contributed by atoms with E-state index in [-0.39, 0.29) is 6.42 Å². The average Bonchev–Trinajstić information content (AvgIpc) is 1.94. The van der Waals surface area contributed by atoms with Crippen molar-refractivity contribution >= 4 is 21.9 Å². The number of pyridine rings is 1. The molecule has 64 valence electrons. The summed E-state index contributed by atoms with van der Waals surface area (Å²) in [5.41, 5.74) is 1.57. The number of carboxylic acids is 1. The molecule has 0 aliphatic rings. The Labute approximate surface area is 78.6 Å². The predicted molar refractivity (Wildman–Crippen MR) is 48.0 cm³/mol. The maximum Gasteiger partial charge on any atom is 0.307 e. The fourth-order valence-electron chi connectivity index (χ4n) is 0.849. The van der Waals surface area contributed by atoms with E-state index in [9.17, 15) is 4.79 Å². The lowest BCUT2D eigenvalue weighted by molar-refractivity contribution is -0.136. The smallest absolute Gasteiger partial charge is 0.307 e. The van der Waals surface area contributed by atoms with Crippen LogP contribution in [0.25, 0.3) is 0 Å². The van der Waals surface area contributed by atoms with Crippen LogP contribution >= 0.6 is 15.9 Å². The second-order valence-corrected chi connectivity index (χ2v) is 3.22. The normalized spacial score (nSPS) is 9.83. The van der Waals surface area contributed by atoms with Gasteiger partial charge in [0.1, 0.15) is 4.60 Å². The number of carbonyl (C=O) groups is 1. The van der Waals surface area contributed by atoms with E-state index >= 15 is 0 Å². The number of halogens is 1. The van der Waals surface area contributed by atoms with E-state index in [4.69, 9.17) is 5.11 Å². The summed E-state index contributed by atoms with van der Waals surface area (Å²) in [5, 5.41) is 8.51. The summed E-state index contributed by atoms with van der Waals surface area (Å²) in [7, 11) is 0. The molecule has 0 unspecified atom stereocenters. The van der Waals surface area contributed by atoms with E-state index in [0.717, 1.165) is 5.69 Å². The van der Waals surface area contributed by atoms with Crippen LogP contribution in [0.15, 0.2) is 16.7 Å². The minimum atomic E-state index is -0.846. The van der Waals surface area contributed by atoms with E-state index in [1.165, 1.54) is 0 Å². The number of aromatic nitrogens is 1. The first-order chi connectivity index (χ1) is 5.59. The molecule has 0 aliphatic carbocycles. The number of hydrogen-bond donors (Lipinski definition) is 1. The van der Waals surface area contributed by atoms with Crippen molar-refractivity contribution in [1.82, 2.24) is 4.98 Å². The zero-order valence-corrected chi connectivity index (χ0v) is 8.13. The molecule has 0 fully saturated rings. The van der Waals surface area contributed by atoms with E-state index in [1.807, 2.05) is 6.92 Å². The van der Waals surface area contributed by atoms with Crippen LogP contribution < -0.4 is 0 Å². The minimum absolute atomic E-state index is 0.00780. The lowest BCUT2D eigenvalue weighted by Gasteiger charge is -2.00. The van der Waals surface area contributed by atoms with Gasteiger partial charge in [-0.3, -0.25) is 4.79 Å². The summed E-state index contributed by atoms with van der Waals surface area (Å²) in [5.74, 6) is -0.846. The highest BCUT2D eigenvalue weighted by molar-refractivity contribution is 9.10. The Morgan fingerprint density at radius 3 is 2.83 bits per heavy atom. The van der Waals surface area contributed by atoms with Crippen molar-refractivity contribution in [3.63, 3.8) is 0 Å². The zero-order valence-electron chi connectivity index (χ0n) is 6.54. The first kappa shape index (κ1) is 9.19. The number of nitrogens with zero attached hydrogens (tertiary/aromatic N) is 1. The molecule has 1 heterocycles. The first-order valence-corrected chi connectivity index (χ1v) is 4.22. The van der Waals surface area contributed by atoms with Crippen molar-refractivity contribution in [2.24, 2.45) is 0 Å². The van der Waals surface area contributed by atoms with Crippen LogP contribution in [0.1, 0.15) is 11.3 Å². The van der Waals surface area contributed by atoms with Crippen LogP contribution in [-0.2, 0) is 11.2 Å². The van der Waals surface area contributed by atoms with Crippen molar-refractivity contribution in [3.05, 3.63) is 28.0 Å². The van der Waals surface area contributed by atoms with Gasteiger partial charge >= 0.3 is 5.97 Å². The summed E-state index contributed by atoms with van der Waals surface area (Å²) in [4.78, 5) is 14.4. The molecule has 12 heavy (non-hydrogen) atoms. The molecule has 0 aromatic carbocycles. The van der Waals surface area contributed by atoms with Crippen molar-refractivity contribution in [2.75, 3.05) is 0 Å². The van der Waals surface area contributed by atoms with Gasteiger partial charge < -0.3 is 5.11 Å². The van der Waals surface area contributed by atoms with Crippen LogP contribution in [0.3, 0.4) is 0 Å². The standard InChI is InChI=1S/C8H8BrNO2/c1-5-2-3-6(4-7(11)12)8(9)10-5/h2-3H,4H2,1H3,(H,11,12). The summed E-state index contributed by atoms with van der Waals surface area (Å²) in [6, 6.07) is 3.56. The molecule has 0 bridgehead atoms. The lowest BCUT2D eigenvalue weighted by Crippen LogP contribution is -2.01. The Morgan fingerprint density at radius 2 is 2.33 bits per heavy atom. The quantitative estimate of drug-likeness (QED) is 0.787. The van der Waals surface area contributed by atoms with Crippen LogP contribution in [0.2, 0.25) is 0 Å². The van der Waals surface area contributed by atoms with Crippen molar-refractivity contribution in [1.29, 1.82) is 0 Å². The number of hydrogen-bond acceptors (Lipinski definition) is 2. The number of aliphatic carboxylic acids is 1. The molecular weight excluding hydrogens is 222 g/mol. The van der Waals surface area contributed by atoms with E-state index < -0.39 is 5.97 Å². The highest BCUT2D eigenvalue weighted by Crippen LogP contribution is 2.14. The van der Waals surface area contributed by atoms with Gasteiger partial charge in [0.15, 0.2) is 0 Å². The van der Waals surface area contributed by atoms with Gasteiger partial charge in [0.25, 0.3) is 0 Å². The molecule has 0 radical (unpaired) electrons. The van der Waals surface area contributed by atoms with Gasteiger partial charge in [-0.2, -0.15) is 0 Å². The molecule has 0 atom stereocenters. The maximum atomic E-state index is 10.4. The second kappa shape index (κ2) is 3.67. The van der Waals surface area contributed by atoms with Gasteiger partial charge in [0, 0.05) is 5.69 Å². The van der Waals surface area contributed by atoms with Crippen LogP contribution in [0.4, 0.5) is 0 Å².